The highest BCUT2D eigenvalue weighted by molar-refractivity contribution is 5.78. The van der Waals surface area contributed by atoms with Gasteiger partial charge in [-0.1, -0.05) is 24.3 Å². The van der Waals surface area contributed by atoms with E-state index in [4.69, 9.17) is 4.74 Å². The van der Waals surface area contributed by atoms with Crippen molar-refractivity contribution in [2.24, 2.45) is 4.99 Å². The van der Waals surface area contributed by atoms with Crippen molar-refractivity contribution in [3.8, 4) is 0 Å². The van der Waals surface area contributed by atoms with Crippen LogP contribution < -0.4 is 0 Å². The molecule has 0 unspecified atom stereocenters. The molecule has 0 aromatic carbocycles. The Morgan fingerprint density at radius 2 is 2.17 bits per heavy atom. The van der Waals surface area contributed by atoms with Crippen molar-refractivity contribution in [2.75, 3.05) is 7.11 Å². The predicted octanol–water partition coefficient (Wildman–Crippen LogP) is 2.45. The minimum atomic E-state index is 0.748. The van der Waals surface area contributed by atoms with E-state index >= 15 is 0 Å². The maximum absolute atomic E-state index is 5.05. The molecule has 64 valence electrons. The molecular weight excluding hydrogens is 150 g/mol. The van der Waals surface area contributed by atoms with Gasteiger partial charge in [-0.15, -0.1) is 0 Å². The number of methoxy groups -OCH3 is 1. The zero-order chi connectivity index (χ0) is 8.65. The Kier molecular flexibility index (Phi) is 3.92. The summed E-state index contributed by atoms with van der Waals surface area (Å²) in [5.41, 5.74) is 0. The highest BCUT2D eigenvalue weighted by atomic mass is 16.5. The molecule has 0 spiro atoms. The van der Waals surface area contributed by atoms with Crippen LogP contribution in [0.4, 0.5) is 0 Å². The molecule has 1 rings (SSSR count). The Hall–Kier alpha value is -1.31. The number of nitrogens with zero attached hydrogens (tertiary/aromatic N) is 1. The van der Waals surface area contributed by atoms with E-state index in [0.29, 0.717) is 0 Å². The molecule has 1 heterocycles. The summed E-state index contributed by atoms with van der Waals surface area (Å²) < 4.78 is 5.05. The fourth-order valence-corrected chi connectivity index (χ4v) is 0.881. The third-order valence-electron chi connectivity index (χ3n) is 1.52. The lowest BCUT2D eigenvalue weighted by atomic mass is 10.3. The van der Waals surface area contributed by atoms with Gasteiger partial charge in [0.2, 0.25) is 0 Å². The summed E-state index contributed by atoms with van der Waals surface area (Å²) in [7, 11) is 1.64. The van der Waals surface area contributed by atoms with Gasteiger partial charge in [0.15, 0.2) is 5.90 Å². The van der Waals surface area contributed by atoms with Crippen LogP contribution in [0.1, 0.15) is 12.8 Å². The number of hydrogen-bond donors (Lipinski definition) is 0. The molecule has 0 amide bonds. The van der Waals surface area contributed by atoms with E-state index in [2.05, 4.69) is 23.2 Å². The van der Waals surface area contributed by atoms with Crippen molar-refractivity contribution in [2.45, 2.75) is 12.8 Å². The van der Waals surface area contributed by atoms with Gasteiger partial charge < -0.3 is 4.74 Å². The van der Waals surface area contributed by atoms with Crippen molar-refractivity contribution in [1.29, 1.82) is 0 Å². The molecule has 2 nitrogen and oxygen atoms in total. The molecule has 0 aliphatic carbocycles. The first-order valence-corrected chi connectivity index (χ1v) is 4.01. The molecule has 0 bridgehead atoms. The Morgan fingerprint density at radius 3 is 3.00 bits per heavy atom. The molecule has 0 radical (unpaired) electrons. The third kappa shape index (κ3) is 3.19. The molecule has 0 aromatic rings. The lowest BCUT2D eigenvalue weighted by Gasteiger charge is -1.99. The first-order chi connectivity index (χ1) is 5.93. The SMILES string of the molecule is COC1=NC=CC=CCC=CC1. The standard InChI is InChI=1S/C10H13NO/c1-12-10-8-6-4-2-3-5-7-9-11-10/h3-7,9H,2,8H2,1H3. The van der Waals surface area contributed by atoms with Crippen LogP contribution in [0.15, 0.2) is 41.6 Å². The fraction of sp³-hybridized carbons (Fsp3) is 0.300. The second kappa shape index (κ2) is 5.35. The molecule has 1 aliphatic heterocycles. The third-order valence-corrected chi connectivity index (χ3v) is 1.52. The van der Waals surface area contributed by atoms with Crippen LogP contribution in [0.5, 0.6) is 0 Å². The zero-order valence-electron chi connectivity index (χ0n) is 7.23. The van der Waals surface area contributed by atoms with Gasteiger partial charge in [-0.05, 0) is 12.5 Å². The summed E-state index contributed by atoms with van der Waals surface area (Å²) in [4.78, 5) is 4.11. The molecule has 0 aromatic heterocycles. The Labute approximate surface area is 73.0 Å². The zero-order valence-corrected chi connectivity index (χ0v) is 7.23. The van der Waals surface area contributed by atoms with Gasteiger partial charge in [0.25, 0.3) is 0 Å². The fourth-order valence-electron chi connectivity index (χ4n) is 0.881. The average molecular weight is 163 g/mol. The first kappa shape index (κ1) is 8.78. The van der Waals surface area contributed by atoms with Gasteiger partial charge in [-0.3, -0.25) is 0 Å². The smallest absolute Gasteiger partial charge is 0.191 e. The van der Waals surface area contributed by atoms with Gasteiger partial charge in [0.05, 0.1) is 7.11 Å². The minimum absolute atomic E-state index is 0.748. The van der Waals surface area contributed by atoms with Crippen LogP contribution in [0.25, 0.3) is 0 Å². The van der Waals surface area contributed by atoms with Crippen molar-refractivity contribution in [1.82, 2.24) is 0 Å². The van der Waals surface area contributed by atoms with Crippen molar-refractivity contribution >= 4 is 5.90 Å². The van der Waals surface area contributed by atoms with Gasteiger partial charge in [-0.25, -0.2) is 4.99 Å². The Balaban J connectivity index is 2.66. The average Bonchev–Trinajstić information content (AvgIpc) is 2.14. The topological polar surface area (TPSA) is 21.6 Å². The van der Waals surface area contributed by atoms with E-state index in [9.17, 15) is 0 Å². The summed E-state index contributed by atoms with van der Waals surface area (Å²) in [5, 5.41) is 0. The molecule has 0 N–H and O–H groups in total. The van der Waals surface area contributed by atoms with E-state index in [1.807, 2.05) is 12.2 Å². The van der Waals surface area contributed by atoms with Gasteiger partial charge >= 0.3 is 0 Å². The molecule has 0 fully saturated rings. The largest absolute Gasteiger partial charge is 0.484 e. The normalized spacial score (nSPS) is 17.2. The van der Waals surface area contributed by atoms with Gasteiger partial charge in [-0.2, -0.15) is 0 Å². The number of hydrogen-bond acceptors (Lipinski definition) is 2. The first-order valence-electron chi connectivity index (χ1n) is 4.01. The molecule has 0 saturated carbocycles. The maximum atomic E-state index is 5.05. The minimum Gasteiger partial charge on any atom is -0.484 e. The summed E-state index contributed by atoms with van der Waals surface area (Å²) in [6, 6.07) is 0. The molecule has 0 saturated heterocycles. The van der Waals surface area contributed by atoms with Gasteiger partial charge in [0.1, 0.15) is 0 Å². The number of ether oxygens (including phenoxy) is 1. The van der Waals surface area contributed by atoms with Crippen molar-refractivity contribution in [3.05, 3.63) is 36.6 Å². The van der Waals surface area contributed by atoms with Crippen LogP contribution in [0.2, 0.25) is 0 Å². The molecule has 12 heavy (non-hydrogen) atoms. The van der Waals surface area contributed by atoms with Gasteiger partial charge in [0, 0.05) is 12.6 Å². The van der Waals surface area contributed by atoms with E-state index < -0.39 is 0 Å². The Bertz CT molecular complexity index is 236. The number of allylic oxidation sites excluding steroid dienone is 4. The molecule has 1 aliphatic rings. The second-order valence-electron chi connectivity index (χ2n) is 2.41. The number of aliphatic imine (C=N–C) groups is 1. The highest BCUT2D eigenvalue weighted by Crippen LogP contribution is 1.97. The maximum Gasteiger partial charge on any atom is 0.191 e. The summed E-state index contributed by atoms with van der Waals surface area (Å²) in [6.07, 6.45) is 13.6. The molecule has 2 heteroatoms. The van der Waals surface area contributed by atoms with Crippen LogP contribution in [0.3, 0.4) is 0 Å². The monoisotopic (exact) mass is 163 g/mol. The lowest BCUT2D eigenvalue weighted by molar-refractivity contribution is 0.395. The molecular formula is C10H13NO. The molecule has 0 atom stereocenters. The van der Waals surface area contributed by atoms with Crippen LogP contribution in [0, 0.1) is 0 Å². The quantitative estimate of drug-likeness (QED) is 0.503. The van der Waals surface area contributed by atoms with Crippen molar-refractivity contribution in [3.63, 3.8) is 0 Å². The number of rotatable bonds is 0. The second-order valence-corrected chi connectivity index (χ2v) is 2.41. The van der Waals surface area contributed by atoms with Crippen LogP contribution in [-0.4, -0.2) is 13.0 Å². The van der Waals surface area contributed by atoms with Crippen LogP contribution in [-0.2, 0) is 4.74 Å². The van der Waals surface area contributed by atoms with E-state index in [1.165, 1.54) is 0 Å². The van der Waals surface area contributed by atoms with Crippen molar-refractivity contribution < 1.29 is 4.74 Å². The predicted molar refractivity (Wildman–Crippen MR) is 51.1 cm³/mol. The summed E-state index contributed by atoms with van der Waals surface area (Å²) in [5.74, 6) is 0.748. The highest BCUT2D eigenvalue weighted by Gasteiger charge is 1.91. The van der Waals surface area contributed by atoms with E-state index in [0.717, 1.165) is 18.7 Å². The van der Waals surface area contributed by atoms with E-state index in [-0.39, 0.29) is 0 Å². The van der Waals surface area contributed by atoms with E-state index in [1.54, 1.807) is 13.3 Å². The summed E-state index contributed by atoms with van der Waals surface area (Å²) >= 11 is 0. The summed E-state index contributed by atoms with van der Waals surface area (Å²) in [6.45, 7) is 0. The lowest BCUT2D eigenvalue weighted by Crippen LogP contribution is -1.98. The Morgan fingerprint density at radius 1 is 1.25 bits per heavy atom. The van der Waals surface area contributed by atoms with Crippen LogP contribution >= 0.6 is 0 Å².